The summed E-state index contributed by atoms with van der Waals surface area (Å²) in [6, 6.07) is 9.76. The maximum absolute atomic E-state index is 11.4. The van der Waals surface area contributed by atoms with Gasteiger partial charge in [0.1, 0.15) is 9.88 Å². The van der Waals surface area contributed by atoms with Gasteiger partial charge in [-0.05, 0) is 25.0 Å². The highest BCUT2D eigenvalue weighted by atomic mass is 32.1. The Morgan fingerprint density at radius 2 is 2.05 bits per heavy atom. The Balaban J connectivity index is 1.93. The Morgan fingerprint density at radius 1 is 1.24 bits per heavy atom. The number of para-hydroxylation sites is 1. The first-order valence-electron chi connectivity index (χ1n) is 6.82. The van der Waals surface area contributed by atoms with Crippen LogP contribution in [0, 0.1) is 0 Å². The Labute approximate surface area is 125 Å². The smallest absolute Gasteiger partial charge is 0.347 e. The van der Waals surface area contributed by atoms with E-state index in [0.29, 0.717) is 10.8 Å². The molecule has 4 nitrogen and oxygen atoms in total. The van der Waals surface area contributed by atoms with Crippen LogP contribution in [0.15, 0.2) is 36.5 Å². The number of pyridine rings is 1. The first kappa shape index (κ1) is 12.5. The summed E-state index contributed by atoms with van der Waals surface area (Å²) in [5.41, 5.74) is 2.61. The van der Waals surface area contributed by atoms with Gasteiger partial charge in [-0.2, -0.15) is 0 Å². The number of aromatic nitrogens is 2. The summed E-state index contributed by atoms with van der Waals surface area (Å²) in [6.45, 7) is 0. The summed E-state index contributed by atoms with van der Waals surface area (Å²) in [5, 5.41) is 11.2. The van der Waals surface area contributed by atoms with Crippen molar-refractivity contribution in [2.45, 2.75) is 18.8 Å². The topological polar surface area (TPSA) is 63.1 Å². The van der Waals surface area contributed by atoms with Gasteiger partial charge in [-0.25, -0.2) is 9.78 Å². The number of benzene rings is 1. The van der Waals surface area contributed by atoms with Crippen LogP contribution in [-0.4, -0.2) is 21.0 Å². The molecule has 0 unspecified atom stereocenters. The van der Waals surface area contributed by atoms with E-state index in [-0.39, 0.29) is 0 Å². The molecule has 0 amide bonds. The molecule has 4 rings (SSSR count). The predicted molar refractivity (Wildman–Crippen MR) is 81.8 cm³/mol. The van der Waals surface area contributed by atoms with Gasteiger partial charge in [0, 0.05) is 23.1 Å². The van der Waals surface area contributed by atoms with Crippen molar-refractivity contribution in [3.05, 3.63) is 47.1 Å². The van der Waals surface area contributed by atoms with E-state index in [2.05, 4.69) is 9.97 Å². The van der Waals surface area contributed by atoms with Crippen molar-refractivity contribution in [3.8, 4) is 10.6 Å². The van der Waals surface area contributed by atoms with Gasteiger partial charge in [-0.3, -0.25) is 4.98 Å². The number of carboxylic acid groups (broad SMARTS) is 1. The molecule has 1 saturated carbocycles. The Bertz CT molecular complexity index is 847. The molecule has 0 bridgehead atoms. The molecule has 1 N–H and O–H groups in total. The summed E-state index contributed by atoms with van der Waals surface area (Å²) in [7, 11) is 0. The lowest BCUT2D eigenvalue weighted by Gasteiger charge is -2.02. The molecule has 5 heteroatoms. The minimum Gasteiger partial charge on any atom is -0.477 e. The summed E-state index contributed by atoms with van der Waals surface area (Å²) >= 11 is 1.27. The van der Waals surface area contributed by atoms with Gasteiger partial charge in [0.05, 0.1) is 11.2 Å². The van der Waals surface area contributed by atoms with Crippen LogP contribution >= 0.6 is 11.3 Å². The van der Waals surface area contributed by atoms with Crippen LogP contribution < -0.4 is 0 Å². The number of thiazole rings is 1. The quantitative estimate of drug-likeness (QED) is 0.795. The number of hydrogen-bond acceptors (Lipinski definition) is 4. The van der Waals surface area contributed by atoms with Crippen LogP contribution in [-0.2, 0) is 0 Å². The lowest BCUT2D eigenvalue weighted by Crippen LogP contribution is -1.97. The third-order valence-corrected chi connectivity index (χ3v) is 4.78. The zero-order chi connectivity index (χ0) is 14.4. The molecular formula is C16H12N2O2S. The third kappa shape index (κ3) is 2.10. The van der Waals surface area contributed by atoms with E-state index in [1.807, 2.05) is 30.3 Å². The maximum Gasteiger partial charge on any atom is 0.347 e. The Hall–Kier alpha value is -2.27. The fraction of sp³-hybridized carbons (Fsp3) is 0.188. The molecule has 1 fully saturated rings. The summed E-state index contributed by atoms with van der Waals surface area (Å²) in [5.74, 6) is -0.548. The van der Waals surface area contributed by atoms with Crippen molar-refractivity contribution in [1.29, 1.82) is 0 Å². The predicted octanol–water partition coefficient (Wildman–Crippen LogP) is 3.93. The lowest BCUT2D eigenvalue weighted by atomic mass is 10.1. The van der Waals surface area contributed by atoms with Crippen molar-refractivity contribution in [3.63, 3.8) is 0 Å². The number of carboxylic acids is 1. The van der Waals surface area contributed by atoms with Crippen molar-refractivity contribution < 1.29 is 9.90 Å². The number of rotatable bonds is 3. The number of fused-ring (bicyclic) bond motifs is 1. The van der Waals surface area contributed by atoms with Gasteiger partial charge in [0.15, 0.2) is 0 Å². The molecular weight excluding hydrogens is 284 g/mol. The van der Waals surface area contributed by atoms with E-state index in [1.54, 1.807) is 6.20 Å². The maximum atomic E-state index is 11.4. The van der Waals surface area contributed by atoms with Crippen LogP contribution in [0.4, 0.5) is 0 Å². The van der Waals surface area contributed by atoms with Gasteiger partial charge in [-0.15, -0.1) is 11.3 Å². The second-order valence-electron chi connectivity index (χ2n) is 5.19. The molecule has 1 aliphatic carbocycles. The number of nitrogens with zero attached hydrogens (tertiary/aromatic N) is 2. The first-order valence-corrected chi connectivity index (χ1v) is 7.64. The SMILES string of the molecule is O=C(O)c1sc(-c2ccnc3ccccc23)nc1C1CC1. The van der Waals surface area contributed by atoms with Crippen LogP contribution in [0.2, 0.25) is 0 Å². The summed E-state index contributed by atoms with van der Waals surface area (Å²) in [4.78, 5) is 20.8. The van der Waals surface area contributed by atoms with Gasteiger partial charge >= 0.3 is 5.97 Å². The van der Waals surface area contributed by atoms with Crippen LogP contribution in [0.1, 0.15) is 34.1 Å². The fourth-order valence-corrected chi connectivity index (χ4v) is 3.55. The standard InChI is InChI=1S/C16H12N2O2S/c19-16(20)14-13(9-5-6-9)18-15(21-14)11-7-8-17-12-4-2-1-3-10(11)12/h1-4,7-9H,5-6H2,(H,19,20). The molecule has 1 aromatic carbocycles. The molecule has 2 heterocycles. The first-order chi connectivity index (χ1) is 10.2. The molecule has 2 aromatic heterocycles. The minimum atomic E-state index is -0.876. The molecule has 21 heavy (non-hydrogen) atoms. The highest BCUT2D eigenvalue weighted by Crippen LogP contribution is 2.44. The van der Waals surface area contributed by atoms with Crippen molar-refractivity contribution >= 4 is 28.2 Å². The second kappa shape index (κ2) is 4.63. The molecule has 0 spiro atoms. The van der Waals surface area contributed by atoms with Gasteiger partial charge in [-0.1, -0.05) is 18.2 Å². The molecule has 0 saturated heterocycles. The van der Waals surface area contributed by atoms with Crippen molar-refractivity contribution in [2.75, 3.05) is 0 Å². The molecule has 3 aromatic rings. The third-order valence-electron chi connectivity index (χ3n) is 3.69. The number of hydrogen-bond donors (Lipinski definition) is 1. The molecule has 0 radical (unpaired) electrons. The number of aromatic carboxylic acids is 1. The highest BCUT2D eigenvalue weighted by Gasteiger charge is 2.32. The second-order valence-corrected chi connectivity index (χ2v) is 6.19. The van der Waals surface area contributed by atoms with E-state index in [9.17, 15) is 9.90 Å². The van der Waals surface area contributed by atoms with E-state index < -0.39 is 5.97 Å². The monoisotopic (exact) mass is 296 g/mol. The average molecular weight is 296 g/mol. The molecule has 1 aliphatic rings. The van der Waals surface area contributed by atoms with Gasteiger partial charge in [0.2, 0.25) is 0 Å². The number of carbonyl (C=O) groups is 1. The van der Waals surface area contributed by atoms with Gasteiger partial charge in [0.25, 0.3) is 0 Å². The lowest BCUT2D eigenvalue weighted by molar-refractivity contribution is 0.0700. The summed E-state index contributed by atoms with van der Waals surface area (Å²) in [6.07, 6.45) is 3.83. The minimum absolute atomic E-state index is 0.328. The van der Waals surface area contributed by atoms with Crippen LogP contribution in [0.3, 0.4) is 0 Å². The van der Waals surface area contributed by atoms with E-state index in [0.717, 1.165) is 40.0 Å². The van der Waals surface area contributed by atoms with Crippen LogP contribution in [0.25, 0.3) is 21.5 Å². The molecule has 0 aliphatic heterocycles. The van der Waals surface area contributed by atoms with Gasteiger partial charge < -0.3 is 5.11 Å². The van der Waals surface area contributed by atoms with Crippen molar-refractivity contribution in [2.24, 2.45) is 0 Å². The van der Waals surface area contributed by atoms with E-state index >= 15 is 0 Å². The molecule has 0 atom stereocenters. The van der Waals surface area contributed by atoms with Crippen molar-refractivity contribution in [1.82, 2.24) is 9.97 Å². The molecule has 104 valence electrons. The van der Waals surface area contributed by atoms with E-state index in [1.165, 1.54) is 11.3 Å². The largest absolute Gasteiger partial charge is 0.477 e. The normalized spacial score (nSPS) is 14.5. The van der Waals surface area contributed by atoms with E-state index in [4.69, 9.17) is 0 Å². The summed E-state index contributed by atoms with van der Waals surface area (Å²) < 4.78 is 0. The Morgan fingerprint density at radius 3 is 2.81 bits per heavy atom. The highest BCUT2D eigenvalue weighted by molar-refractivity contribution is 7.17. The average Bonchev–Trinajstić information content (AvgIpc) is 3.25. The zero-order valence-electron chi connectivity index (χ0n) is 11.1. The van der Waals surface area contributed by atoms with Crippen LogP contribution in [0.5, 0.6) is 0 Å². The zero-order valence-corrected chi connectivity index (χ0v) is 11.9. The Kier molecular flexibility index (Phi) is 2.75. The fourth-order valence-electron chi connectivity index (χ4n) is 2.52.